The van der Waals surface area contributed by atoms with Crippen LogP contribution in [0.1, 0.15) is 91.5 Å². The lowest BCUT2D eigenvalue weighted by Crippen LogP contribution is -2.53. The first-order valence-electron chi connectivity index (χ1n) is 15.2. The molecule has 1 unspecified atom stereocenters. The molecule has 2 aliphatic carbocycles. The molecule has 1 aliphatic heterocycles. The van der Waals surface area contributed by atoms with E-state index in [1.165, 1.54) is 6.92 Å². The van der Waals surface area contributed by atoms with E-state index in [2.05, 4.69) is 21.1 Å². The first-order chi connectivity index (χ1) is 20.2. The van der Waals surface area contributed by atoms with Gasteiger partial charge in [-0.3, -0.25) is 24.0 Å². The van der Waals surface area contributed by atoms with Gasteiger partial charge in [-0.2, -0.15) is 0 Å². The number of ketones is 2. The highest BCUT2D eigenvalue weighted by atomic mass is 35.5. The van der Waals surface area contributed by atoms with E-state index in [0.29, 0.717) is 30.0 Å². The highest BCUT2D eigenvalue weighted by Gasteiger charge is 2.57. The maximum atomic E-state index is 14.2. The summed E-state index contributed by atoms with van der Waals surface area (Å²) in [7, 11) is 0. The van der Waals surface area contributed by atoms with Crippen molar-refractivity contribution in [2.24, 2.45) is 22.4 Å². The SMILES string of the molecule is CCCC[C@H](NC(=O)[C@@H]1C[C@]2(CC(c3cccc(Cl)c3)=NO2)CC1C(=O)[C@@H](NC(C)=O)C(C)(C)C)C(=O)C(=O)NC1CC1. The van der Waals surface area contributed by atoms with Gasteiger partial charge in [0.05, 0.1) is 23.7 Å². The van der Waals surface area contributed by atoms with E-state index in [0.717, 1.165) is 24.8 Å². The fourth-order valence-electron chi connectivity index (χ4n) is 6.04. The summed E-state index contributed by atoms with van der Waals surface area (Å²) >= 11 is 6.20. The van der Waals surface area contributed by atoms with Crippen LogP contribution in [-0.2, 0) is 28.8 Å². The number of halogens is 1. The molecule has 0 saturated heterocycles. The van der Waals surface area contributed by atoms with E-state index in [4.69, 9.17) is 16.4 Å². The summed E-state index contributed by atoms with van der Waals surface area (Å²) in [5, 5.41) is 13.2. The normalized spacial score (nSPS) is 24.5. The van der Waals surface area contributed by atoms with Crippen molar-refractivity contribution in [3.8, 4) is 0 Å². The molecule has 3 amide bonds. The predicted molar refractivity (Wildman–Crippen MR) is 162 cm³/mol. The lowest BCUT2D eigenvalue weighted by atomic mass is 9.77. The summed E-state index contributed by atoms with van der Waals surface area (Å²) in [5.74, 6) is -4.16. The van der Waals surface area contributed by atoms with Gasteiger partial charge >= 0.3 is 0 Å². The van der Waals surface area contributed by atoms with Crippen molar-refractivity contribution in [3.63, 3.8) is 0 Å². The monoisotopic (exact) mass is 614 g/mol. The average Bonchev–Trinajstić information content (AvgIpc) is 3.53. The number of nitrogens with zero attached hydrogens (tertiary/aromatic N) is 1. The molecule has 1 spiro atoms. The Balaban J connectivity index is 1.60. The van der Waals surface area contributed by atoms with Gasteiger partial charge in [-0.05, 0) is 36.8 Å². The Bertz CT molecular complexity index is 1300. The van der Waals surface area contributed by atoms with Crippen LogP contribution < -0.4 is 16.0 Å². The van der Waals surface area contributed by atoms with Crippen LogP contribution in [-0.4, -0.2) is 58.7 Å². The highest BCUT2D eigenvalue weighted by molar-refractivity contribution is 6.38. The third kappa shape index (κ3) is 8.02. The van der Waals surface area contributed by atoms with E-state index in [1.807, 2.05) is 39.8 Å². The molecule has 0 bridgehead atoms. The van der Waals surface area contributed by atoms with Crippen molar-refractivity contribution in [1.29, 1.82) is 0 Å². The number of carbonyl (C=O) groups is 5. The fourth-order valence-corrected chi connectivity index (χ4v) is 6.23. The molecule has 5 atom stereocenters. The molecule has 10 nitrogen and oxygen atoms in total. The molecule has 2 fully saturated rings. The number of carbonyl (C=O) groups excluding carboxylic acids is 5. The Labute approximate surface area is 258 Å². The minimum atomic E-state index is -1.00. The van der Waals surface area contributed by atoms with Gasteiger partial charge in [0, 0.05) is 48.7 Å². The third-order valence-corrected chi connectivity index (χ3v) is 8.72. The second kappa shape index (κ2) is 13.2. The molecule has 11 heteroatoms. The minimum absolute atomic E-state index is 0.00647. The molecule has 2 saturated carbocycles. The zero-order chi connectivity index (χ0) is 31.5. The van der Waals surface area contributed by atoms with Crippen LogP contribution in [0.25, 0.3) is 0 Å². The summed E-state index contributed by atoms with van der Waals surface area (Å²) in [6, 6.07) is 5.39. The Morgan fingerprint density at radius 3 is 2.40 bits per heavy atom. The number of rotatable bonds is 12. The third-order valence-electron chi connectivity index (χ3n) is 8.48. The lowest BCUT2D eigenvalue weighted by molar-refractivity contribution is -0.141. The van der Waals surface area contributed by atoms with E-state index in [1.54, 1.807) is 12.1 Å². The van der Waals surface area contributed by atoms with Crippen LogP contribution in [0.5, 0.6) is 0 Å². The van der Waals surface area contributed by atoms with Crippen LogP contribution in [0.3, 0.4) is 0 Å². The van der Waals surface area contributed by atoms with Crippen molar-refractivity contribution in [3.05, 3.63) is 34.9 Å². The zero-order valence-electron chi connectivity index (χ0n) is 25.6. The van der Waals surface area contributed by atoms with Gasteiger partial charge in [0.25, 0.3) is 5.91 Å². The number of benzene rings is 1. The molecule has 1 aromatic carbocycles. The van der Waals surface area contributed by atoms with Crippen molar-refractivity contribution >= 4 is 46.6 Å². The second-order valence-electron chi connectivity index (χ2n) is 13.3. The molecule has 4 rings (SSSR count). The number of Topliss-reactive ketones (excluding diaryl/α,β-unsaturated/α-hetero) is 2. The predicted octanol–water partition coefficient (Wildman–Crippen LogP) is 3.87. The molecule has 3 aliphatic rings. The van der Waals surface area contributed by atoms with Crippen molar-refractivity contribution in [1.82, 2.24) is 16.0 Å². The fraction of sp³-hybridized carbons (Fsp3) is 0.625. The molecule has 0 aromatic heterocycles. The number of nitrogens with one attached hydrogen (secondary N) is 3. The summed E-state index contributed by atoms with van der Waals surface area (Å²) in [6.45, 7) is 8.89. The van der Waals surface area contributed by atoms with Crippen LogP contribution in [0, 0.1) is 17.3 Å². The Kier molecular flexibility index (Phi) is 9.99. The average molecular weight is 615 g/mol. The van der Waals surface area contributed by atoms with Crippen LogP contribution >= 0.6 is 11.6 Å². The van der Waals surface area contributed by atoms with Crippen molar-refractivity contribution < 1.29 is 28.8 Å². The largest absolute Gasteiger partial charge is 0.389 e. The Hall–Kier alpha value is -3.27. The summed E-state index contributed by atoms with van der Waals surface area (Å²) in [6.07, 6.45) is 4.15. The summed E-state index contributed by atoms with van der Waals surface area (Å²) < 4.78 is 0. The molecule has 43 heavy (non-hydrogen) atoms. The van der Waals surface area contributed by atoms with E-state index >= 15 is 0 Å². The second-order valence-corrected chi connectivity index (χ2v) is 13.8. The number of oxime groups is 1. The molecular formula is C32H43ClN4O6. The smallest absolute Gasteiger partial charge is 0.289 e. The van der Waals surface area contributed by atoms with Gasteiger partial charge in [0.2, 0.25) is 17.6 Å². The summed E-state index contributed by atoms with van der Waals surface area (Å²) in [5.41, 5.74) is -0.0983. The number of unbranched alkanes of at least 4 members (excludes halogenated alkanes) is 1. The lowest BCUT2D eigenvalue weighted by Gasteiger charge is -2.33. The Morgan fingerprint density at radius 2 is 1.79 bits per heavy atom. The molecule has 1 aromatic rings. The highest BCUT2D eigenvalue weighted by Crippen LogP contribution is 2.49. The first kappa shape index (κ1) is 32.6. The van der Waals surface area contributed by atoms with E-state index < -0.39 is 52.5 Å². The molecule has 3 N–H and O–H groups in total. The van der Waals surface area contributed by atoms with Gasteiger partial charge < -0.3 is 20.8 Å². The van der Waals surface area contributed by atoms with Gasteiger partial charge in [-0.15, -0.1) is 0 Å². The van der Waals surface area contributed by atoms with E-state index in [-0.39, 0.29) is 30.6 Å². The standard InChI is InChI=1S/C32H43ClN4O6/c1-6-7-11-24(27(40)30(42)35-21-12-13-21)36-29(41)23-16-32(17-25(37-43-32)19-9-8-10-20(33)14-19)15-22(23)26(39)28(31(3,4)5)34-18(2)38/h8-10,14,21-24,28H,6-7,11-13,15-17H2,1-5H3,(H,34,38)(H,35,42)(H,36,41)/t22?,23-,24+,28-,32+/m1/s1. The number of hydrogen-bond donors (Lipinski definition) is 3. The van der Waals surface area contributed by atoms with Crippen molar-refractivity contribution in [2.75, 3.05) is 0 Å². The number of hydrogen-bond acceptors (Lipinski definition) is 7. The van der Waals surface area contributed by atoms with Gasteiger partial charge in [0.1, 0.15) is 5.60 Å². The van der Waals surface area contributed by atoms with Crippen LogP contribution in [0.4, 0.5) is 0 Å². The molecule has 0 radical (unpaired) electrons. The maximum Gasteiger partial charge on any atom is 0.289 e. The first-order valence-corrected chi connectivity index (χ1v) is 15.6. The zero-order valence-corrected chi connectivity index (χ0v) is 26.4. The van der Waals surface area contributed by atoms with Crippen molar-refractivity contribution in [2.45, 2.75) is 110 Å². The summed E-state index contributed by atoms with van der Waals surface area (Å²) in [4.78, 5) is 72.0. The van der Waals surface area contributed by atoms with Gasteiger partial charge in [-0.1, -0.05) is 69.4 Å². The quantitative estimate of drug-likeness (QED) is 0.305. The van der Waals surface area contributed by atoms with Gasteiger partial charge in [0.15, 0.2) is 5.78 Å². The molecular weight excluding hydrogens is 572 g/mol. The topological polar surface area (TPSA) is 143 Å². The number of amides is 3. The minimum Gasteiger partial charge on any atom is -0.389 e. The maximum absolute atomic E-state index is 14.2. The molecule has 234 valence electrons. The van der Waals surface area contributed by atoms with Crippen LogP contribution in [0.15, 0.2) is 29.4 Å². The van der Waals surface area contributed by atoms with Gasteiger partial charge in [-0.25, -0.2) is 0 Å². The molecule has 1 heterocycles. The van der Waals surface area contributed by atoms with E-state index in [9.17, 15) is 24.0 Å². The Morgan fingerprint density at radius 1 is 1.09 bits per heavy atom. The van der Waals surface area contributed by atoms with Crippen LogP contribution in [0.2, 0.25) is 5.02 Å².